The summed E-state index contributed by atoms with van der Waals surface area (Å²) < 4.78 is 92.8. The number of amides is 5. The Bertz CT molecular complexity index is 3300. The fourth-order valence-corrected chi connectivity index (χ4v) is 9.88. The number of aromatic nitrogens is 7. The molecule has 0 spiro atoms. The zero-order chi connectivity index (χ0) is 54.6. The van der Waals surface area contributed by atoms with Gasteiger partial charge in [-0.1, -0.05) is 28.4 Å². The lowest BCUT2D eigenvalue weighted by molar-refractivity contribution is -0.223. The largest absolute Gasteiger partial charge is 0.489 e. The quantitative estimate of drug-likeness (QED) is 0.0546. The lowest BCUT2D eigenvalue weighted by atomic mass is 9.89. The van der Waals surface area contributed by atoms with Crippen LogP contribution in [0.2, 0.25) is 10.0 Å². The van der Waals surface area contributed by atoms with E-state index in [1.54, 1.807) is 24.3 Å². The number of aliphatic hydroxyl groups is 2. The van der Waals surface area contributed by atoms with Crippen LogP contribution in [0.25, 0.3) is 16.9 Å². The molecule has 3 fully saturated rings. The lowest BCUT2D eigenvalue weighted by Crippen LogP contribution is -2.55. The topological polar surface area (TPSA) is 267 Å². The Balaban J connectivity index is 0.806. The molecule has 402 valence electrons. The normalized spacial score (nSPS) is 23.3. The number of carbonyl (C=O) groups excluding carboxylic acids is 5. The molecule has 0 radical (unpaired) electrons. The Kier molecular flexibility index (Phi) is 14.5. The van der Waals surface area contributed by atoms with Gasteiger partial charge >= 0.3 is 6.18 Å². The predicted octanol–water partition coefficient (Wildman–Crippen LogP) is 4.99. The van der Waals surface area contributed by atoms with E-state index in [0.29, 0.717) is 35.4 Å². The first-order valence-electron chi connectivity index (χ1n) is 23.7. The van der Waals surface area contributed by atoms with Crippen LogP contribution < -0.4 is 20.7 Å². The number of alkyl halides is 3. The molecule has 5 amide bonds. The highest BCUT2D eigenvalue weighted by Gasteiger charge is 2.51. The second kappa shape index (κ2) is 21.1. The van der Waals surface area contributed by atoms with E-state index in [2.05, 4.69) is 41.3 Å². The molecule has 1 saturated carbocycles. The molecule has 3 aromatic heterocycles. The van der Waals surface area contributed by atoms with Crippen molar-refractivity contribution >= 4 is 58.4 Å². The molecule has 28 heteroatoms. The summed E-state index contributed by atoms with van der Waals surface area (Å²) in [5.74, 6) is -4.78. The smallest absolute Gasteiger partial charge is 0.418 e. The van der Waals surface area contributed by atoms with Crippen molar-refractivity contribution in [2.45, 2.75) is 94.0 Å². The van der Waals surface area contributed by atoms with E-state index in [9.17, 15) is 56.1 Å². The summed E-state index contributed by atoms with van der Waals surface area (Å²) in [6.07, 6.45) is -8.24. The summed E-state index contributed by atoms with van der Waals surface area (Å²) in [4.78, 5) is 73.9. The van der Waals surface area contributed by atoms with Crippen LogP contribution in [0.1, 0.15) is 81.5 Å². The first-order chi connectivity index (χ1) is 36.7. The third kappa shape index (κ3) is 10.8. The van der Waals surface area contributed by atoms with Gasteiger partial charge in [-0.15, -0.1) is 5.10 Å². The summed E-state index contributed by atoms with van der Waals surface area (Å²) in [5, 5.41) is 41.5. The number of nitrogens with zero attached hydrogens (tertiary/aromatic N) is 8. The van der Waals surface area contributed by atoms with Crippen LogP contribution >= 0.6 is 23.2 Å². The van der Waals surface area contributed by atoms with Gasteiger partial charge in [0, 0.05) is 53.7 Å². The van der Waals surface area contributed by atoms with Gasteiger partial charge in [0.25, 0.3) is 11.8 Å². The van der Waals surface area contributed by atoms with Crippen molar-refractivity contribution in [2.24, 2.45) is 0 Å². The molecule has 1 unspecified atom stereocenters. The highest BCUT2D eigenvalue weighted by Crippen LogP contribution is 2.43. The van der Waals surface area contributed by atoms with E-state index < -0.39 is 120 Å². The van der Waals surface area contributed by atoms with Crippen molar-refractivity contribution in [1.82, 2.24) is 50.3 Å². The fourth-order valence-electron chi connectivity index (χ4n) is 9.61. The molecule has 4 aliphatic rings. The van der Waals surface area contributed by atoms with Crippen LogP contribution in [-0.2, 0) is 36.6 Å². The van der Waals surface area contributed by atoms with Gasteiger partial charge in [-0.2, -0.15) is 18.3 Å². The summed E-state index contributed by atoms with van der Waals surface area (Å²) in [5.41, 5.74) is -0.543. The van der Waals surface area contributed by atoms with Crippen LogP contribution in [-0.4, -0.2) is 129 Å². The molecule has 2 saturated heterocycles. The standard InChI is InChI=1S/C49H42Cl2F5N11O10/c1-21-58-45(67(63-21)36-13-24(50)2-6-30(36)49(54,55)56)44-43(41(42(71)37(19-68)77-44)66-18-34(62-64-66)22-11-31(52)40(51)32(53)12-22)75-20-39(70)59-26-14-28(15-26)76-27-4-7-33(57-16-27)46(72)60-25-3-5-29-23(10-25)17-65(48(29)74)35-8-9-38(69)61-47(35)73/h2-7,10-13,16,18,26,28,35,37,41-44,68,71H,8-9,14-15,17,19-20H2,1H3,(H,59,70)(H,60,72)(H,61,69,73)/t26-,28+,35?,37-,41+,42+,43-,44-/m1/s1. The monoisotopic (exact) mass is 1110 g/mol. The number of fused-ring (bicyclic) bond motifs is 1. The Labute approximate surface area is 441 Å². The number of pyridine rings is 1. The number of rotatable bonds is 14. The maximum absolute atomic E-state index is 14.5. The average Bonchev–Trinajstić information content (AvgIpc) is 4.18. The van der Waals surface area contributed by atoms with E-state index in [-0.39, 0.29) is 58.9 Å². The molecule has 6 heterocycles. The molecule has 6 aromatic rings. The molecule has 6 atom stereocenters. The third-order valence-electron chi connectivity index (χ3n) is 13.4. The second-order valence-corrected chi connectivity index (χ2v) is 19.4. The predicted molar refractivity (Wildman–Crippen MR) is 256 cm³/mol. The molecule has 10 rings (SSSR count). The van der Waals surface area contributed by atoms with Crippen LogP contribution in [0, 0.1) is 18.6 Å². The van der Waals surface area contributed by atoms with Gasteiger partial charge in [0.2, 0.25) is 17.7 Å². The number of aliphatic hydroxyl groups excluding tert-OH is 2. The summed E-state index contributed by atoms with van der Waals surface area (Å²) in [6.45, 7) is -0.0902. The van der Waals surface area contributed by atoms with E-state index in [1.165, 1.54) is 30.3 Å². The summed E-state index contributed by atoms with van der Waals surface area (Å²) in [6, 6.07) is 9.60. The molecule has 3 aliphatic heterocycles. The number of piperidine rings is 1. The van der Waals surface area contributed by atoms with Crippen molar-refractivity contribution in [3.05, 3.63) is 129 Å². The van der Waals surface area contributed by atoms with E-state index in [1.807, 2.05) is 0 Å². The van der Waals surface area contributed by atoms with Gasteiger partial charge in [0.15, 0.2) is 5.82 Å². The highest BCUT2D eigenvalue weighted by molar-refractivity contribution is 6.31. The molecule has 21 nitrogen and oxygen atoms in total. The summed E-state index contributed by atoms with van der Waals surface area (Å²) >= 11 is 11.9. The molecule has 77 heavy (non-hydrogen) atoms. The van der Waals surface area contributed by atoms with Crippen LogP contribution in [0.4, 0.5) is 27.6 Å². The van der Waals surface area contributed by atoms with Crippen molar-refractivity contribution in [1.29, 1.82) is 0 Å². The number of nitrogens with one attached hydrogen (secondary N) is 3. The number of aryl methyl sites for hydroxylation is 1. The minimum Gasteiger partial charge on any atom is -0.489 e. The van der Waals surface area contributed by atoms with Crippen molar-refractivity contribution < 1.29 is 70.3 Å². The number of halogens is 7. The van der Waals surface area contributed by atoms with Crippen molar-refractivity contribution in [3.63, 3.8) is 0 Å². The minimum absolute atomic E-state index is 0.0414. The highest BCUT2D eigenvalue weighted by atomic mass is 35.5. The number of carbonyl (C=O) groups is 5. The van der Waals surface area contributed by atoms with Crippen molar-refractivity contribution in [2.75, 3.05) is 18.5 Å². The molecule has 1 aliphatic carbocycles. The van der Waals surface area contributed by atoms with Gasteiger partial charge in [-0.05, 0) is 79.6 Å². The first-order valence-corrected chi connectivity index (χ1v) is 24.4. The Morgan fingerprint density at radius 2 is 1.78 bits per heavy atom. The maximum Gasteiger partial charge on any atom is 0.418 e. The van der Waals surface area contributed by atoms with Gasteiger partial charge in [0.05, 0.1) is 30.3 Å². The third-order valence-corrected chi connectivity index (χ3v) is 14.0. The minimum atomic E-state index is -4.92. The zero-order valence-corrected chi connectivity index (χ0v) is 41.4. The molecular formula is C49H42Cl2F5N11O10. The van der Waals surface area contributed by atoms with Crippen LogP contribution in [0.3, 0.4) is 0 Å². The Morgan fingerprint density at radius 1 is 1.01 bits per heavy atom. The Morgan fingerprint density at radius 3 is 2.48 bits per heavy atom. The molecule has 3 aromatic carbocycles. The maximum atomic E-state index is 14.5. The Hall–Kier alpha value is -7.49. The van der Waals surface area contributed by atoms with E-state index in [0.717, 1.165) is 39.7 Å². The molecule has 5 N–H and O–H groups in total. The lowest BCUT2D eigenvalue weighted by Gasteiger charge is -2.43. The molecular weight excluding hydrogens is 1070 g/mol. The van der Waals surface area contributed by atoms with Gasteiger partial charge in [0.1, 0.15) is 88.8 Å². The number of ether oxygens (including phenoxy) is 3. The fraction of sp³-hybridized carbons (Fsp3) is 0.347. The summed E-state index contributed by atoms with van der Waals surface area (Å²) in [7, 11) is 0. The van der Waals surface area contributed by atoms with Crippen LogP contribution in [0.5, 0.6) is 5.75 Å². The van der Waals surface area contributed by atoms with Gasteiger partial charge < -0.3 is 40.0 Å². The van der Waals surface area contributed by atoms with E-state index >= 15 is 0 Å². The number of imide groups is 1. The molecule has 0 bridgehead atoms. The van der Waals surface area contributed by atoms with Crippen molar-refractivity contribution in [3.8, 4) is 22.7 Å². The number of anilines is 1. The number of hydrogen-bond acceptors (Lipinski definition) is 15. The zero-order valence-electron chi connectivity index (χ0n) is 39.9. The van der Waals surface area contributed by atoms with Crippen LogP contribution in [0.15, 0.2) is 73.1 Å². The number of hydrogen-bond donors (Lipinski definition) is 5. The SMILES string of the molecule is Cc1nc([C@@H]2O[C@H](CO)[C@H](O)[C@H](n3cc(-c4cc(F)c(Cl)c(F)c4)nn3)[C@H]2OCC(=O)N[C@H]2C[C@@H](Oc3ccc(C(=O)Nc4ccc5c(c4)CN(C4CCC(=O)NC4=O)C5=O)nc3)C2)n(-c2cc(Cl)ccc2C(F)(F)F)n1. The van der Waals surface area contributed by atoms with E-state index in [4.69, 9.17) is 37.4 Å². The van der Waals surface area contributed by atoms with Gasteiger partial charge in [-0.3, -0.25) is 29.3 Å². The van der Waals surface area contributed by atoms with Gasteiger partial charge in [-0.25, -0.2) is 28.1 Å². The average molecular weight is 1110 g/mol. The first kappa shape index (κ1) is 52.9. The second-order valence-electron chi connectivity index (χ2n) is 18.5. The number of benzene rings is 3.